The van der Waals surface area contributed by atoms with Crippen LogP contribution in [0.5, 0.6) is 0 Å². The lowest BCUT2D eigenvalue weighted by molar-refractivity contribution is -0.118. The highest BCUT2D eigenvalue weighted by molar-refractivity contribution is 5.98. The number of piperidine rings is 1. The Morgan fingerprint density at radius 1 is 1.28 bits per heavy atom. The summed E-state index contributed by atoms with van der Waals surface area (Å²) in [4.78, 5) is 27.5. The van der Waals surface area contributed by atoms with E-state index in [4.69, 9.17) is 0 Å². The van der Waals surface area contributed by atoms with E-state index in [9.17, 15) is 9.59 Å². The van der Waals surface area contributed by atoms with Crippen LogP contribution in [0.1, 0.15) is 53.7 Å². The number of rotatable bonds is 5. The largest absolute Gasteiger partial charge is 0.336 e. The Labute approximate surface area is 178 Å². The molecule has 2 aromatic rings. The SMILES string of the molecule is CNC(C(=O)Nc1ccc(C(=O)N2CCCCC2C)cc1C)c1cnn(C)c1.Cl. The summed E-state index contributed by atoms with van der Waals surface area (Å²) < 4.78 is 1.67. The molecular weight excluding hydrogens is 390 g/mol. The van der Waals surface area contributed by atoms with Crippen molar-refractivity contribution in [1.29, 1.82) is 0 Å². The van der Waals surface area contributed by atoms with Gasteiger partial charge >= 0.3 is 0 Å². The minimum Gasteiger partial charge on any atom is -0.336 e. The molecule has 29 heavy (non-hydrogen) atoms. The van der Waals surface area contributed by atoms with Crippen molar-refractivity contribution in [3.8, 4) is 0 Å². The van der Waals surface area contributed by atoms with E-state index in [0.29, 0.717) is 11.3 Å². The van der Waals surface area contributed by atoms with Crippen molar-refractivity contribution in [3.05, 3.63) is 47.3 Å². The maximum absolute atomic E-state index is 12.9. The van der Waals surface area contributed by atoms with Gasteiger partial charge in [-0.05, 0) is 63.9 Å². The maximum atomic E-state index is 12.9. The van der Waals surface area contributed by atoms with Crippen molar-refractivity contribution in [2.24, 2.45) is 7.05 Å². The Morgan fingerprint density at radius 2 is 2.03 bits per heavy atom. The first-order valence-electron chi connectivity index (χ1n) is 9.79. The Hall–Kier alpha value is -2.38. The highest BCUT2D eigenvalue weighted by atomic mass is 35.5. The molecule has 2 heterocycles. The van der Waals surface area contributed by atoms with Gasteiger partial charge in [0.2, 0.25) is 5.91 Å². The molecular formula is C21H30ClN5O2. The summed E-state index contributed by atoms with van der Waals surface area (Å²) in [6, 6.07) is 5.24. The summed E-state index contributed by atoms with van der Waals surface area (Å²) in [7, 11) is 3.56. The van der Waals surface area contributed by atoms with Gasteiger partial charge in [-0.15, -0.1) is 12.4 Å². The molecule has 1 saturated heterocycles. The van der Waals surface area contributed by atoms with Crippen molar-refractivity contribution in [1.82, 2.24) is 20.0 Å². The summed E-state index contributed by atoms with van der Waals surface area (Å²) in [6.45, 7) is 4.83. The highest BCUT2D eigenvalue weighted by Crippen LogP contribution is 2.23. The molecule has 7 nitrogen and oxygen atoms in total. The van der Waals surface area contributed by atoms with E-state index in [-0.39, 0.29) is 30.3 Å². The van der Waals surface area contributed by atoms with Crippen LogP contribution >= 0.6 is 12.4 Å². The molecule has 1 fully saturated rings. The van der Waals surface area contributed by atoms with Gasteiger partial charge in [0.05, 0.1) is 6.20 Å². The van der Waals surface area contributed by atoms with Crippen LogP contribution in [0.3, 0.4) is 0 Å². The molecule has 0 bridgehead atoms. The Morgan fingerprint density at radius 3 is 2.62 bits per heavy atom. The second-order valence-corrected chi connectivity index (χ2v) is 7.53. The van der Waals surface area contributed by atoms with Gasteiger partial charge in [-0.25, -0.2) is 0 Å². The number of aryl methyl sites for hydroxylation is 2. The van der Waals surface area contributed by atoms with E-state index >= 15 is 0 Å². The molecule has 1 aliphatic rings. The first-order valence-corrected chi connectivity index (χ1v) is 9.79. The van der Waals surface area contributed by atoms with Crippen molar-refractivity contribution < 1.29 is 9.59 Å². The number of anilines is 1. The molecule has 0 spiro atoms. The number of likely N-dealkylation sites (tertiary alicyclic amines) is 1. The van der Waals surface area contributed by atoms with Crippen LogP contribution in [-0.2, 0) is 11.8 Å². The lowest BCUT2D eigenvalue weighted by Gasteiger charge is -2.33. The normalized spacial score (nSPS) is 17.4. The zero-order valence-electron chi connectivity index (χ0n) is 17.4. The molecule has 158 valence electrons. The van der Waals surface area contributed by atoms with E-state index in [1.165, 1.54) is 6.42 Å². The number of carbonyl (C=O) groups excluding carboxylic acids is 2. The van der Waals surface area contributed by atoms with Crippen LogP contribution in [0.4, 0.5) is 5.69 Å². The standard InChI is InChI=1S/C21H29N5O2.ClH/c1-14-11-16(21(28)26-10-6-5-7-15(26)2)8-9-18(14)24-20(27)19(22-3)17-12-23-25(4)13-17;/h8-9,11-13,15,19,22H,5-7,10H2,1-4H3,(H,24,27);1H. The molecule has 1 aliphatic heterocycles. The number of carbonyl (C=O) groups is 2. The number of amides is 2. The number of likely N-dealkylation sites (N-methyl/N-ethyl adjacent to an activating group) is 1. The summed E-state index contributed by atoms with van der Waals surface area (Å²) in [6.07, 6.45) is 6.78. The number of nitrogens with zero attached hydrogens (tertiary/aromatic N) is 3. The second kappa shape index (κ2) is 9.89. The van der Waals surface area contributed by atoms with Crippen molar-refractivity contribution in [3.63, 3.8) is 0 Å². The van der Waals surface area contributed by atoms with Crippen LogP contribution < -0.4 is 10.6 Å². The molecule has 2 amide bonds. The summed E-state index contributed by atoms with van der Waals surface area (Å²) in [5.74, 6) is -0.0982. The van der Waals surface area contributed by atoms with Gasteiger partial charge in [-0.2, -0.15) is 5.10 Å². The summed E-state index contributed by atoms with van der Waals surface area (Å²) in [5.41, 5.74) is 3.04. The number of hydrogen-bond acceptors (Lipinski definition) is 4. The van der Waals surface area contributed by atoms with Gasteiger partial charge in [0.25, 0.3) is 5.91 Å². The molecule has 8 heteroatoms. The van der Waals surface area contributed by atoms with Crippen LogP contribution in [0.25, 0.3) is 0 Å². The maximum Gasteiger partial charge on any atom is 0.254 e. The average molecular weight is 420 g/mol. The zero-order valence-corrected chi connectivity index (χ0v) is 18.3. The van der Waals surface area contributed by atoms with Crippen molar-refractivity contribution in [2.75, 3.05) is 18.9 Å². The lowest BCUT2D eigenvalue weighted by atomic mass is 10.0. The van der Waals surface area contributed by atoms with Gasteiger partial charge in [0.15, 0.2) is 0 Å². The number of nitrogens with one attached hydrogen (secondary N) is 2. The first-order chi connectivity index (χ1) is 13.4. The van der Waals surface area contributed by atoms with Crippen LogP contribution in [0.2, 0.25) is 0 Å². The van der Waals surface area contributed by atoms with Crippen LogP contribution in [-0.4, -0.2) is 46.1 Å². The first kappa shape index (κ1) is 22.9. The predicted octanol–water partition coefficient (Wildman–Crippen LogP) is 3.06. The zero-order chi connectivity index (χ0) is 20.3. The van der Waals surface area contributed by atoms with Gasteiger partial charge in [0.1, 0.15) is 6.04 Å². The van der Waals surface area contributed by atoms with E-state index < -0.39 is 6.04 Å². The molecule has 0 saturated carbocycles. The third kappa shape index (κ3) is 5.16. The minimum absolute atomic E-state index is 0. The summed E-state index contributed by atoms with van der Waals surface area (Å²) >= 11 is 0. The highest BCUT2D eigenvalue weighted by Gasteiger charge is 2.25. The fourth-order valence-corrected chi connectivity index (χ4v) is 3.75. The molecule has 1 aromatic carbocycles. The lowest BCUT2D eigenvalue weighted by Crippen LogP contribution is -2.42. The monoisotopic (exact) mass is 419 g/mol. The minimum atomic E-state index is -0.497. The number of hydrogen-bond donors (Lipinski definition) is 2. The van der Waals surface area contributed by atoms with Gasteiger partial charge in [-0.3, -0.25) is 14.3 Å². The topological polar surface area (TPSA) is 79.3 Å². The Kier molecular flexibility index (Phi) is 7.81. The molecule has 2 N–H and O–H groups in total. The Balaban J connectivity index is 0.00000300. The molecule has 0 aliphatic carbocycles. The van der Waals surface area contributed by atoms with Gasteiger partial charge in [-0.1, -0.05) is 0 Å². The second-order valence-electron chi connectivity index (χ2n) is 7.53. The molecule has 0 radical (unpaired) electrons. The number of aromatic nitrogens is 2. The molecule has 3 rings (SSSR count). The summed E-state index contributed by atoms with van der Waals surface area (Å²) in [5, 5.41) is 10.1. The van der Waals surface area contributed by atoms with E-state index in [2.05, 4.69) is 22.7 Å². The fraction of sp³-hybridized carbons (Fsp3) is 0.476. The Bertz CT molecular complexity index is 867. The molecule has 1 aromatic heterocycles. The number of halogens is 1. The fourth-order valence-electron chi connectivity index (χ4n) is 3.75. The predicted molar refractivity (Wildman–Crippen MR) is 116 cm³/mol. The van der Waals surface area contributed by atoms with E-state index in [0.717, 1.165) is 30.5 Å². The van der Waals surface area contributed by atoms with E-state index in [1.807, 2.05) is 37.2 Å². The smallest absolute Gasteiger partial charge is 0.254 e. The molecule has 2 unspecified atom stereocenters. The van der Waals surface area contributed by atoms with E-state index in [1.54, 1.807) is 24.0 Å². The van der Waals surface area contributed by atoms with Crippen molar-refractivity contribution in [2.45, 2.75) is 45.2 Å². The third-order valence-corrected chi connectivity index (χ3v) is 5.40. The quantitative estimate of drug-likeness (QED) is 0.780. The van der Waals surface area contributed by atoms with Crippen LogP contribution in [0, 0.1) is 6.92 Å². The number of benzene rings is 1. The van der Waals surface area contributed by atoms with Crippen molar-refractivity contribution >= 4 is 29.9 Å². The third-order valence-electron chi connectivity index (χ3n) is 5.40. The van der Waals surface area contributed by atoms with Gasteiger partial charge < -0.3 is 15.5 Å². The average Bonchev–Trinajstić information content (AvgIpc) is 3.09. The molecule has 2 atom stereocenters. The van der Waals surface area contributed by atoms with Crippen LogP contribution in [0.15, 0.2) is 30.6 Å². The van der Waals surface area contributed by atoms with Gasteiger partial charge in [0, 0.05) is 42.6 Å².